The van der Waals surface area contributed by atoms with Gasteiger partial charge in [0.15, 0.2) is 10.9 Å². The van der Waals surface area contributed by atoms with E-state index >= 15 is 0 Å². The first-order valence-corrected chi connectivity index (χ1v) is 9.65. The zero-order valence-electron chi connectivity index (χ0n) is 14.8. The molecule has 5 nitrogen and oxygen atoms in total. The molecule has 0 radical (unpaired) electrons. The van der Waals surface area contributed by atoms with E-state index in [0.717, 1.165) is 4.47 Å². The van der Waals surface area contributed by atoms with Crippen molar-refractivity contribution in [3.05, 3.63) is 81.2 Å². The summed E-state index contributed by atoms with van der Waals surface area (Å²) in [7, 11) is 0. The number of thiocarbonyl (C=S) groups is 1. The molecule has 0 saturated carbocycles. The van der Waals surface area contributed by atoms with Crippen LogP contribution in [0.3, 0.4) is 0 Å². The van der Waals surface area contributed by atoms with Crippen molar-refractivity contribution in [3.63, 3.8) is 0 Å². The highest BCUT2D eigenvalue weighted by Crippen LogP contribution is 2.30. The van der Waals surface area contributed by atoms with Crippen LogP contribution in [0.4, 0.5) is 4.39 Å². The summed E-state index contributed by atoms with van der Waals surface area (Å²) < 4.78 is 19.3. The van der Waals surface area contributed by atoms with Gasteiger partial charge in [-0.3, -0.25) is 4.79 Å². The Balaban J connectivity index is 2.15. The minimum atomic E-state index is -0.732. The molecule has 0 spiro atoms. The van der Waals surface area contributed by atoms with E-state index in [1.807, 2.05) is 0 Å². The van der Waals surface area contributed by atoms with Crippen LogP contribution in [0.1, 0.15) is 28.9 Å². The molecule has 3 rings (SSSR count). The Morgan fingerprint density at radius 1 is 1.14 bits per heavy atom. The number of carbonyl (C=O) groups is 2. The molecule has 8 heteroatoms. The third-order valence-electron chi connectivity index (χ3n) is 4.11. The number of esters is 1. The lowest BCUT2D eigenvalue weighted by Crippen LogP contribution is -2.47. The number of benzene rings is 2. The van der Waals surface area contributed by atoms with Gasteiger partial charge in [-0.1, -0.05) is 28.1 Å². The minimum Gasteiger partial charge on any atom is -0.461 e. The highest BCUT2D eigenvalue weighted by molar-refractivity contribution is 9.10. The number of Topliss-reactive ketones (excluding diaryl/α,β-unsaturated/α-hetero) is 1. The summed E-state index contributed by atoms with van der Waals surface area (Å²) >= 11 is 8.54. The molecule has 1 heterocycles. The van der Waals surface area contributed by atoms with Crippen LogP contribution in [0.15, 0.2) is 64.3 Å². The van der Waals surface area contributed by atoms with E-state index in [0.29, 0.717) is 11.1 Å². The van der Waals surface area contributed by atoms with Gasteiger partial charge in [-0.15, -0.1) is 0 Å². The van der Waals surface area contributed by atoms with E-state index in [-0.39, 0.29) is 28.8 Å². The lowest BCUT2D eigenvalue weighted by Gasteiger charge is -2.30. The van der Waals surface area contributed by atoms with Crippen LogP contribution in [0, 0.1) is 5.82 Å². The second-order valence-corrected chi connectivity index (χ2v) is 7.25. The van der Waals surface area contributed by atoms with Crippen molar-refractivity contribution in [3.8, 4) is 0 Å². The standard InChI is InChI=1S/C20H16BrFN2O3S/c1-2-27-19(26)17-15(18(25)12-3-7-13(21)8-4-12)16(23-20(28)24-17)11-5-9-14(22)10-6-11/h3-10,16H,2H2,1H3,(H2,23,24,28). The van der Waals surface area contributed by atoms with Crippen LogP contribution in [0.25, 0.3) is 0 Å². The van der Waals surface area contributed by atoms with Crippen LogP contribution >= 0.6 is 28.1 Å². The van der Waals surface area contributed by atoms with Gasteiger partial charge in [-0.2, -0.15) is 0 Å². The fourth-order valence-electron chi connectivity index (χ4n) is 2.84. The summed E-state index contributed by atoms with van der Waals surface area (Å²) in [5, 5.41) is 5.91. The second-order valence-electron chi connectivity index (χ2n) is 5.93. The first-order valence-electron chi connectivity index (χ1n) is 8.45. The zero-order valence-corrected chi connectivity index (χ0v) is 17.2. The molecule has 1 aliphatic rings. The van der Waals surface area contributed by atoms with E-state index in [1.165, 1.54) is 12.1 Å². The summed E-state index contributed by atoms with van der Waals surface area (Å²) in [4.78, 5) is 25.8. The quantitative estimate of drug-likeness (QED) is 0.400. The molecule has 0 aliphatic carbocycles. The highest BCUT2D eigenvalue weighted by Gasteiger charge is 2.35. The Labute approximate surface area is 175 Å². The van der Waals surface area contributed by atoms with Crippen molar-refractivity contribution in [1.82, 2.24) is 10.6 Å². The Morgan fingerprint density at radius 3 is 2.39 bits per heavy atom. The number of ketones is 1. The van der Waals surface area contributed by atoms with Crippen LogP contribution in [-0.4, -0.2) is 23.5 Å². The number of ether oxygens (including phenoxy) is 1. The smallest absolute Gasteiger partial charge is 0.355 e. The zero-order chi connectivity index (χ0) is 20.3. The first kappa shape index (κ1) is 20.2. The number of halogens is 2. The minimum absolute atomic E-state index is 0.0205. The van der Waals surface area contributed by atoms with Crippen molar-refractivity contribution in [2.24, 2.45) is 0 Å². The van der Waals surface area contributed by atoms with E-state index < -0.39 is 17.8 Å². The first-order chi connectivity index (χ1) is 13.4. The van der Waals surface area contributed by atoms with Crippen LogP contribution in [-0.2, 0) is 9.53 Å². The van der Waals surface area contributed by atoms with E-state index in [2.05, 4.69) is 26.6 Å². The molecule has 1 atom stereocenters. The van der Waals surface area contributed by atoms with Gasteiger partial charge < -0.3 is 15.4 Å². The molecule has 2 N–H and O–H groups in total. The molecule has 144 valence electrons. The lowest BCUT2D eigenvalue weighted by atomic mass is 9.89. The normalized spacial score (nSPS) is 16.2. The Bertz CT molecular complexity index is 958. The average Bonchev–Trinajstić information content (AvgIpc) is 2.68. The number of rotatable bonds is 5. The van der Waals surface area contributed by atoms with Gasteiger partial charge in [-0.05, 0) is 61.1 Å². The maximum Gasteiger partial charge on any atom is 0.355 e. The van der Waals surface area contributed by atoms with Crippen molar-refractivity contribution in [1.29, 1.82) is 0 Å². The Hall–Kier alpha value is -2.58. The third kappa shape index (κ3) is 4.28. The van der Waals surface area contributed by atoms with Crippen LogP contribution < -0.4 is 10.6 Å². The van der Waals surface area contributed by atoms with Gasteiger partial charge in [0.1, 0.15) is 11.5 Å². The molecule has 0 aromatic heterocycles. The van der Waals surface area contributed by atoms with Crippen LogP contribution in [0.2, 0.25) is 0 Å². The summed E-state index contributed by atoms with van der Waals surface area (Å²) in [6.45, 7) is 1.82. The van der Waals surface area contributed by atoms with Gasteiger partial charge in [0.2, 0.25) is 0 Å². The maximum absolute atomic E-state index is 13.4. The Kier molecular flexibility index (Phi) is 6.21. The fourth-order valence-corrected chi connectivity index (χ4v) is 3.32. The maximum atomic E-state index is 13.4. The van der Waals surface area contributed by atoms with Crippen molar-refractivity contribution in [2.75, 3.05) is 6.61 Å². The van der Waals surface area contributed by atoms with E-state index in [9.17, 15) is 14.0 Å². The van der Waals surface area contributed by atoms with E-state index in [1.54, 1.807) is 43.3 Å². The lowest BCUT2D eigenvalue weighted by molar-refractivity contribution is -0.138. The largest absolute Gasteiger partial charge is 0.461 e. The van der Waals surface area contributed by atoms with Crippen molar-refractivity contribution < 1.29 is 18.7 Å². The number of hydrogen-bond acceptors (Lipinski definition) is 4. The highest BCUT2D eigenvalue weighted by atomic mass is 79.9. The van der Waals surface area contributed by atoms with E-state index in [4.69, 9.17) is 17.0 Å². The average molecular weight is 463 g/mol. The summed E-state index contributed by atoms with van der Waals surface area (Å²) in [6.07, 6.45) is 0. The fraction of sp³-hybridized carbons (Fsp3) is 0.150. The molecule has 28 heavy (non-hydrogen) atoms. The van der Waals surface area contributed by atoms with Gasteiger partial charge in [0.25, 0.3) is 0 Å². The molecule has 2 aromatic rings. The monoisotopic (exact) mass is 462 g/mol. The van der Waals surface area contributed by atoms with Gasteiger partial charge in [0, 0.05) is 10.0 Å². The SMILES string of the molecule is CCOC(=O)C1=C(C(=O)c2ccc(Br)cc2)C(c2ccc(F)cc2)NC(=S)N1. The number of hydrogen-bond donors (Lipinski definition) is 2. The molecule has 0 fully saturated rings. The van der Waals surface area contributed by atoms with Crippen LogP contribution in [0.5, 0.6) is 0 Å². The molecule has 1 aliphatic heterocycles. The number of carbonyl (C=O) groups excluding carboxylic acids is 2. The predicted molar refractivity (Wildman–Crippen MR) is 110 cm³/mol. The summed E-state index contributed by atoms with van der Waals surface area (Å²) in [5.41, 5.74) is 1.12. The molecule has 1 unspecified atom stereocenters. The molecular weight excluding hydrogens is 447 g/mol. The predicted octanol–water partition coefficient (Wildman–Crippen LogP) is 3.81. The number of nitrogens with one attached hydrogen (secondary N) is 2. The van der Waals surface area contributed by atoms with Gasteiger partial charge in [-0.25, -0.2) is 9.18 Å². The van der Waals surface area contributed by atoms with Crippen molar-refractivity contribution in [2.45, 2.75) is 13.0 Å². The van der Waals surface area contributed by atoms with Gasteiger partial charge >= 0.3 is 5.97 Å². The second kappa shape index (κ2) is 8.62. The van der Waals surface area contributed by atoms with Gasteiger partial charge in [0.05, 0.1) is 18.2 Å². The molecular formula is C20H16BrFN2O3S. The molecule has 0 bridgehead atoms. The topological polar surface area (TPSA) is 67.4 Å². The Morgan fingerprint density at radius 2 is 1.79 bits per heavy atom. The molecule has 0 saturated heterocycles. The third-order valence-corrected chi connectivity index (χ3v) is 4.85. The molecule has 0 amide bonds. The summed E-state index contributed by atoms with van der Waals surface area (Å²) in [5.74, 6) is -1.46. The summed E-state index contributed by atoms with van der Waals surface area (Å²) in [6, 6.07) is 11.7. The van der Waals surface area contributed by atoms with Crippen molar-refractivity contribution >= 4 is 45.0 Å². The molecule has 2 aromatic carbocycles.